The number of hydrogen-bond donors (Lipinski definition) is 1. The highest BCUT2D eigenvalue weighted by molar-refractivity contribution is 5.51. The second-order valence-electron chi connectivity index (χ2n) is 4.58. The van der Waals surface area contributed by atoms with Crippen LogP contribution in [0.3, 0.4) is 0 Å². The Morgan fingerprint density at radius 3 is 2.53 bits per heavy atom. The van der Waals surface area contributed by atoms with Crippen LogP contribution in [0.4, 0.5) is 10.1 Å². The van der Waals surface area contributed by atoms with Gasteiger partial charge in [-0.15, -0.1) is 0 Å². The van der Waals surface area contributed by atoms with Gasteiger partial charge < -0.3 is 14.7 Å². The van der Waals surface area contributed by atoms with Crippen molar-refractivity contribution in [3.8, 4) is 5.75 Å². The summed E-state index contributed by atoms with van der Waals surface area (Å²) in [5.74, 6) is -0.128. The lowest BCUT2D eigenvalue weighted by Gasteiger charge is -2.36. The molecule has 0 aliphatic heterocycles. The zero-order valence-corrected chi connectivity index (χ0v) is 10.8. The van der Waals surface area contributed by atoms with Crippen LogP contribution in [-0.2, 0) is 0 Å². The van der Waals surface area contributed by atoms with Gasteiger partial charge >= 0.3 is 0 Å². The molecule has 1 rings (SSSR count). The molecule has 1 N–H and O–H groups in total. The van der Waals surface area contributed by atoms with Crippen LogP contribution in [0.25, 0.3) is 0 Å². The number of anilines is 1. The molecule has 0 unspecified atom stereocenters. The molecule has 0 aliphatic rings. The Morgan fingerprint density at radius 1 is 1.41 bits per heavy atom. The van der Waals surface area contributed by atoms with Crippen LogP contribution < -0.4 is 9.64 Å². The minimum absolute atomic E-state index is 0.00166. The lowest BCUT2D eigenvalue weighted by molar-refractivity contribution is 0.216. The average Bonchev–Trinajstić information content (AvgIpc) is 2.31. The molecular weight excluding hydrogens is 221 g/mol. The third-order valence-electron chi connectivity index (χ3n) is 2.90. The number of benzene rings is 1. The number of likely N-dealkylation sites (N-methyl/N-ethyl adjacent to an activating group) is 1. The highest BCUT2D eigenvalue weighted by atomic mass is 19.1. The molecule has 1 aromatic carbocycles. The largest absolute Gasteiger partial charge is 0.491 e. The van der Waals surface area contributed by atoms with Crippen LogP contribution in [0.15, 0.2) is 18.2 Å². The second-order valence-corrected chi connectivity index (χ2v) is 4.58. The number of aliphatic hydroxyl groups excluding tert-OH is 1. The van der Waals surface area contributed by atoms with Crippen LogP contribution in [-0.4, -0.2) is 30.9 Å². The van der Waals surface area contributed by atoms with E-state index in [0.717, 1.165) is 0 Å². The lowest BCUT2D eigenvalue weighted by Crippen LogP contribution is -2.44. The summed E-state index contributed by atoms with van der Waals surface area (Å²) in [6.45, 7) is 6.03. The van der Waals surface area contributed by atoms with Gasteiger partial charge in [0.1, 0.15) is 0 Å². The third-order valence-corrected chi connectivity index (χ3v) is 2.90. The topological polar surface area (TPSA) is 32.7 Å². The molecular formula is C13H20FNO2. The van der Waals surface area contributed by atoms with Crippen molar-refractivity contribution in [2.75, 3.05) is 25.2 Å². The molecule has 0 aliphatic carbocycles. The first kappa shape index (κ1) is 13.8. The highest BCUT2D eigenvalue weighted by Crippen LogP contribution is 2.27. The van der Waals surface area contributed by atoms with E-state index in [4.69, 9.17) is 4.74 Å². The molecule has 0 bridgehead atoms. The molecule has 17 heavy (non-hydrogen) atoms. The Kier molecular flexibility index (Phi) is 4.34. The van der Waals surface area contributed by atoms with E-state index in [2.05, 4.69) is 0 Å². The summed E-state index contributed by atoms with van der Waals surface area (Å²) in [6, 6.07) is 4.81. The van der Waals surface area contributed by atoms with E-state index < -0.39 is 5.54 Å². The Morgan fingerprint density at radius 2 is 2.06 bits per heavy atom. The Bertz CT molecular complexity index is 380. The van der Waals surface area contributed by atoms with Gasteiger partial charge in [-0.3, -0.25) is 0 Å². The first-order valence-electron chi connectivity index (χ1n) is 5.69. The van der Waals surface area contributed by atoms with Gasteiger partial charge in [0.2, 0.25) is 0 Å². The zero-order valence-electron chi connectivity index (χ0n) is 10.8. The molecule has 0 amide bonds. The quantitative estimate of drug-likeness (QED) is 0.859. The van der Waals surface area contributed by atoms with Crippen LogP contribution in [0.1, 0.15) is 20.8 Å². The van der Waals surface area contributed by atoms with Gasteiger partial charge in [0.15, 0.2) is 11.6 Å². The number of ether oxygens (including phenoxy) is 1. The first-order valence-corrected chi connectivity index (χ1v) is 5.69. The van der Waals surface area contributed by atoms with Crippen molar-refractivity contribution in [2.24, 2.45) is 0 Å². The van der Waals surface area contributed by atoms with Crippen LogP contribution in [0.5, 0.6) is 5.75 Å². The average molecular weight is 241 g/mol. The van der Waals surface area contributed by atoms with Crippen molar-refractivity contribution in [3.05, 3.63) is 24.0 Å². The predicted octanol–water partition coefficient (Wildman–Crippen LogP) is 2.43. The van der Waals surface area contributed by atoms with Crippen molar-refractivity contribution < 1.29 is 14.2 Å². The van der Waals surface area contributed by atoms with E-state index in [9.17, 15) is 9.50 Å². The van der Waals surface area contributed by atoms with Crippen molar-refractivity contribution in [3.63, 3.8) is 0 Å². The number of nitrogens with zero attached hydrogens (tertiary/aromatic N) is 1. The van der Waals surface area contributed by atoms with Crippen LogP contribution in [0.2, 0.25) is 0 Å². The zero-order chi connectivity index (χ0) is 13.1. The molecule has 0 fully saturated rings. The number of halogens is 1. The van der Waals surface area contributed by atoms with Crippen molar-refractivity contribution in [2.45, 2.75) is 26.3 Å². The maximum atomic E-state index is 13.7. The lowest BCUT2D eigenvalue weighted by atomic mass is 10.0. The minimum atomic E-state index is -0.431. The standard InChI is InChI=1S/C13H20FNO2/c1-5-17-12-7-6-10(8-11(12)14)15(4)13(2,3)9-16/h6-8,16H,5,9H2,1-4H3. The maximum absolute atomic E-state index is 13.7. The van der Waals surface area contributed by atoms with E-state index in [1.807, 2.05) is 32.7 Å². The minimum Gasteiger partial charge on any atom is -0.491 e. The SMILES string of the molecule is CCOc1ccc(N(C)C(C)(C)CO)cc1F. The number of aliphatic hydroxyl groups is 1. The van der Waals surface area contributed by atoms with Crippen molar-refractivity contribution in [1.82, 2.24) is 0 Å². The molecule has 0 saturated heterocycles. The van der Waals surface area contributed by atoms with E-state index in [1.54, 1.807) is 12.1 Å². The van der Waals surface area contributed by atoms with Gasteiger partial charge in [0.25, 0.3) is 0 Å². The Hall–Kier alpha value is -1.29. The van der Waals surface area contributed by atoms with E-state index >= 15 is 0 Å². The molecule has 96 valence electrons. The fraction of sp³-hybridized carbons (Fsp3) is 0.538. The van der Waals surface area contributed by atoms with Gasteiger partial charge in [0, 0.05) is 18.8 Å². The van der Waals surface area contributed by atoms with E-state index in [1.165, 1.54) is 6.07 Å². The fourth-order valence-electron chi connectivity index (χ4n) is 1.43. The van der Waals surface area contributed by atoms with Crippen molar-refractivity contribution >= 4 is 5.69 Å². The smallest absolute Gasteiger partial charge is 0.167 e. The van der Waals surface area contributed by atoms with Crippen LogP contribution >= 0.6 is 0 Å². The van der Waals surface area contributed by atoms with Gasteiger partial charge in [-0.1, -0.05) is 0 Å². The summed E-state index contributed by atoms with van der Waals surface area (Å²) in [6.07, 6.45) is 0. The van der Waals surface area contributed by atoms with Crippen LogP contribution in [0, 0.1) is 5.82 Å². The summed E-state index contributed by atoms with van der Waals surface area (Å²) >= 11 is 0. The summed E-state index contributed by atoms with van der Waals surface area (Å²) in [7, 11) is 1.82. The number of rotatable bonds is 5. The van der Waals surface area contributed by atoms with Gasteiger partial charge in [-0.05, 0) is 32.9 Å². The molecule has 3 nitrogen and oxygen atoms in total. The Labute approximate surface area is 102 Å². The summed E-state index contributed by atoms with van der Waals surface area (Å²) in [5, 5.41) is 9.27. The first-order chi connectivity index (χ1) is 7.92. The molecule has 0 heterocycles. The van der Waals surface area contributed by atoms with Gasteiger partial charge in [-0.2, -0.15) is 0 Å². The van der Waals surface area contributed by atoms with Gasteiger partial charge in [-0.25, -0.2) is 4.39 Å². The second kappa shape index (κ2) is 5.36. The fourth-order valence-corrected chi connectivity index (χ4v) is 1.43. The van der Waals surface area contributed by atoms with Crippen molar-refractivity contribution in [1.29, 1.82) is 0 Å². The molecule has 0 saturated carbocycles. The third kappa shape index (κ3) is 3.09. The molecule has 0 atom stereocenters. The van der Waals surface area contributed by atoms with E-state index in [-0.39, 0.29) is 18.2 Å². The predicted molar refractivity (Wildman–Crippen MR) is 67.1 cm³/mol. The summed E-state index contributed by atoms with van der Waals surface area (Å²) < 4.78 is 18.8. The molecule has 0 aromatic heterocycles. The molecule has 1 aromatic rings. The molecule has 4 heteroatoms. The Balaban J connectivity index is 2.97. The summed E-state index contributed by atoms with van der Waals surface area (Å²) in [4.78, 5) is 1.84. The molecule has 0 radical (unpaired) electrons. The normalized spacial score (nSPS) is 11.4. The molecule has 0 spiro atoms. The summed E-state index contributed by atoms with van der Waals surface area (Å²) in [5.41, 5.74) is 0.282. The highest BCUT2D eigenvalue weighted by Gasteiger charge is 2.23. The van der Waals surface area contributed by atoms with E-state index in [0.29, 0.717) is 12.3 Å². The van der Waals surface area contributed by atoms with Gasteiger partial charge in [0.05, 0.1) is 18.8 Å². The monoisotopic (exact) mass is 241 g/mol. The number of hydrogen-bond acceptors (Lipinski definition) is 3. The maximum Gasteiger partial charge on any atom is 0.167 e.